The van der Waals surface area contributed by atoms with Gasteiger partial charge in [-0.2, -0.15) is 0 Å². The molecule has 1 aromatic carbocycles. The fourth-order valence-corrected chi connectivity index (χ4v) is 2.42. The van der Waals surface area contributed by atoms with Crippen LogP contribution in [0.25, 0.3) is 0 Å². The van der Waals surface area contributed by atoms with Crippen molar-refractivity contribution in [2.45, 2.75) is 60.5 Å². The van der Waals surface area contributed by atoms with E-state index in [-0.39, 0.29) is 6.42 Å². The van der Waals surface area contributed by atoms with Gasteiger partial charge in [0.05, 0.1) is 13.0 Å². The second-order valence-corrected chi connectivity index (χ2v) is 6.01. The molecule has 0 radical (unpaired) electrons. The van der Waals surface area contributed by atoms with Crippen molar-refractivity contribution in [1.29, 1.82) is 0 Å². The molecule has 1 aromatic rings. The Morgan fingerprint density at radius 1 is 1.05 bits per heavy atom. The van der Waals surface area contributed by atoms with Gasteiger partial charge in [-0.05, 0) is 76.3 Å². The van der Waals surface area contributed by atoms with Crippen LogP contribution in [0.2, 0.25) is 0 Å². The van der Waals surface area contributed by atoms with Crippen molar-refractivity contribution < 1.29 is 14.6 Å². The molecule has 3 heteroatoms. The molecule has 0 bridgehead atoms. The molecular formula is C19H26O3. The summed E-state index contributed by atoms with van der Waals surface area (Å²) in [6.45, 7) is 13.9. The Balaban J connectivity index is 3.19. The van der Waals surface area contributed by atoms with Crippen LogP contribution >= 0.6 is 0 Å². The molecular weight excluding hydrogens is 276 g/mol. The molecule has 0 aromatic heterocycles. The number of carbonyl (C=O) groups excluding carboxylic acids is 1. The minimum Gasteiger partial charge on any atom is -0.466 e. The minimum atomic E-state index is -1.39. The van der Waals surface area contributed by atoms with Crippen LogP contribution in [0.3, 0.4) is 0 Å². The molecule has 1 rings (SSSR count). The largest absolute Gasteiger partial charge is 0.466 e. The average Bonchev–Trinajstić information content (AvgIpc) is 2.42. The van der Waals surface area contributed by atoms with Crippen LogP contribution in [0.15, 0.2) is 0 Å². The van der Waals surface area contributed by atoms with Gasteiger partial charge in [-0.15, -0.1) is 0 Å². The highest BCUT2D eigenvalue weighted by molar-refractivity contribution is 5.71. The third kappa shape index (κ3) is 4.11. The van der Waals surface area contributed by atoms with Crippen LogP contribution in [0, 0.1) is 46.5 Å². The van der Waals surface area contributed by atoms with Crippen LogP contribution in [-0.4, -0.2) is 23.3 Å². The molecule has 0 saturated carbocycles. The molecule has 0 aliphatic carbocycles. The van der Waals surface area contributed by atoms with Gasteiger partial charge in [0, 0.05) is 5.56 Å². The van der Waals surface area contributed by atoms with Crippen molar-refractivity contribution in [3.63, 3.8) is 0 Å². The third-order valence-electron chi connectivity index (χ3n) is 4.25. The fourth-order valence-electron chi connectivity index (χ4n) is 2.42. The molecule has 0 heterocycles. The number of ether oxygens (including phenoxy) is 1. The van der Waals surface area contributed by atoms with Crippen LogP contribution < -0.4 is 0 Å². The lowest BCUT2D eigenvalue weighted by atomic mass is 9.89. The lowest BCUT2D eigenvalue weighted by Crippen LogP contribution is -2.27. The number of esters is 1. The van der Waals surface area contributed by atoms with Crippen LogP contribution in [0.5, 0.6) is 0 Å². The maximum Gasteiger partial charge on any atom is 0.309 e. The summed E-state index contributed by atoms with van der Waals surface area (Å²) in [5.41, 5.74) is 5.51. The molecule has 120 valence electrons. The molecule has 3 nitrogen and oxygen atoms in total. The van der Waals surface area contributed by atoms with E-state index in [1.165, 1.54) is 23.6 Å². The Morgan fingerprint density at radius 2 is 1.50 bits per heavy atom. The van der Waals surface area contributed by atoms with Gasteiger partial charge in [0.25, 0.3) is 0 Å². The third-order valence-corrected chi connectivity index (χ3v) is 4.25. The molecule has 1 unspecified atom stereocenters. The molecule has 1 N–H and O–H groups in total. The van der Waals surface area contributed by atoms with E-state index >= 15 is 0 Å². The van der Waals surface area contributed by atoms with Crippen molar-refractivity contribution in [2.75, 3.05) is 6.61 Å². The maximum atomic E-state index is 11.5. The second kappa shape index (κ2) is 6.98. The van der Waals surface area contributed by atoms with Gasteiger partial charge in [0.15, 0.2) is 0 Å². The Bertz CT molecular complexity index is 614. The van der Waals surface area contributed by atoms with E-state index in [4.69, 9.17) is 4.74 Å². The standard InChI is InChI=1S/C19H26O3/c1-8-22-18(20)11-19(7,21)10-9-17-15(5)13(3)12(2)14(4)16(17)6/h21H,8,11H2,1-7H3. The van der Waals surface area contributed by atoms with Crippen molar-refractivity contribution in [2.24, 2.45) is 0 Å². The summed E-state index contributed by atoms with van der Waals surface area (Å²) in [5.74, 6) is 5.46. The van der Waals surface area contributed by atoms with Gasteiger partial charge in [-0.1, -0.05) is 11.8 Å². The zero-order chi connectivity index (χ0) is 17.1. The number of rotatable bonds is 3. The Labute approximate surface area is 133 Å². The number of hydrogen-bond acceptors (Lipinski definition) is 3. The quantitative estimate of drug-likeness (QED) is 0.688. The predicted molar refractivity (Wildman–Crippen MR) is 88.9 cm³/mol. The highest BCUT2D eigenvalue weighted by Gasteiger charge is 2.23. The topological polar surface area (TPSA) is 46.5 Å². The highest BCUT2D eigenvalue weighted by Crippen LogP contribution is 2.25. The summed E-state index contributed by atoms with van der Waals surface area (Å²) in [6, 6.07) is 0. The summed E-state index contributed by atoms with van der Waals surface area (Å²) >= 11 is 0. The maximum absolute atomic E-state index is 11.5. The Kier molecular flexibility index (Phi) is 5.79. The van der Waals surface area contributed by atoms with Crippen LogP contribution in [-0.2, 0) is 9.53 Å². The molecule has 0 amide bonds. The van der Waals surface area contributed by atoms with Gasteiger partial charge in [-0.25, -0.2) is 0 Å². The van der Waals surface area contributed by atoms with E-state index in [9.17, 15) is 9.90 Å². The Hall–Kier alpha value is -1.79. The van der Waals surface area contributed by atoms with Gasteiger partial charge in [0.2, 0.25) is 0 Å². The SMILES string of the molecule is CCOC(=O)CC(C)(O)C#Cc1c(C)c(C)c(C)c(C)c1C. The summed E-state index contributed by atoms with van der Waals surface area (Å²) in [5, 5.41) is 10.3. The zero-order valence-electron chi connectivity index (χ0n) is 14.7. The van der Waals surface area contributed by atoms with Crippen LogP contribution in [0.1, 0.15) is 53.6 Å². The molecule has 0 fully saturated rings. The van der Waals surface area contributed by atoms with E-state index < -0.39 is 11.6 Å². The average molecular weight is 302 g/mol. The summed E-state index contributed by atoms with van der Waals surface area (Å²) in [7, 11) is 0. The van der Waals surface area contributed by atoms with E-state index in [2.05, 4.69) is 32.6 Å². The lowest BCUT2D eigenvalue weighted by molar-refractivity contribution is -0.146. The summed E-state index contributed by atoms with van der Waals surface area (Å²) in [6.07, 6.45) is -0.129. The molecule has 0 spiro atoms. The molecule has 0 aliphatic heterocycles. The van der Waals surface area contributed by atoms with Gasteiger partial charge >= 0.3 is 5.97 Å². The number of benzene rings is 1. The minimum absolute atomic E-state index is 0.129. The number of aliphatic hydroxyl groups is 1. The first kappa shape index (κ1) is 18.3. The summed E-state index contributed by atoms with van der Waals surface area (Å²) < 4.78 is 4.86. The zero-order valence-corrected chi connectivity index (χ0v) is 14.7. The van der Waals surface area contributed by atoms with Gasteiger partial charge in [0.1, 0.15) is 5.60 Å². The van der Waals surface area contributed by atoms with Crippen molar-refractivity contribution in [1.82, 2.24) is 0 Å². The number of carbonyl (C=O) groups is 1. The molecule has 22 heavy (non-hydrogen) atoms. The fraction of sp³-hybridized carbons (Fsp3) is 0.526. The second-order valence-electron chi connectivity index (χ2n) is 6.01. The molecule has 0 aliphatic rings. The first-order chi connectivity index (χ1) is 10.1. The Morgan fingerprint density at radius 3 is 1.95 bits per heavy atom. The van der Waals surface area contributed by atoms with Gasteiger partial charge in [-0.3, -0.25) is 4.79 Å². The van der Waals surface area contributed by atoms with E-state index in [1.807, 2.05) is 13.8 Å². The smallest absolute Gasteiger partial charge is 0.309 e. The van der Waals surface area contributed by atoms with E-state index in [0.29, 0.717) is 6.61 Å². The highest BCUT2D eigenvalue weighted by atomic mass is 16.5. The van der Waals surface area contributed by atoms with Crippen LogP contribution in [0.4, 0.5) is 0 Å². The lowest BCUT2D eigenvalue weighted by Gasteiger charge is -2.17. The molecule has 1 atom stereocenters. The van der Waals surface area contributed by atoms with Crippen molar-refractivity contribution in [3.8, 4) is 11.8 Å². The molecule has 0 saturated heterocycles. The van der Waals surface area contributed by atoms with Crippen molar-refractivity contribution in [3.05, 3.63) is 33.4 Å². The van der Waals surface area contributed by atoms with E-state index in [1.54, 1.807) is 6.92 Å². The van der Waals surface area contributed by atoms with Gasteiger partial charge < -0.3 is 9.84 Å². The first-order valence-corrected chi connectivity index (χ1v) is 7.58. The first-order valence-electron chi connectivity index (χ1n) is 7.58. The normalized spacial score (nSPS) is 13.1. The van der Waals surface area contributed by atoms with Crippen molar-refractivity contribution >= 4 is 5.97 Å². The number of hydrogen-bond donors (Lipinski definition) is 1. The summed E-state index contributed by atoms with van der Waals surface area (Å²) in [4.78, 5) is 11.5. The monoisotopic (exact) mass is 302 g/mol. The van der Waals surface area contributed by atoms with E-state index in [0.717, 1.165) is 16.7 Å². The predicted octanol–water partition coefficient (Wildman–Crippen LogP) is 3.28.